The summed E-state index contributed by atoms with van der Waals surface area (Å²) < 4.78 is 0. The predicted molar refractivity (Wildman–Crippen MR) is 98.1 cm³/mol. The van der Waals surface area contributed by atoms with Gasteiger partial charge in [-0.15, -0.1) is 0 Å². The Morgan fingerprint density at radius 1 is 1.08 bits per heavy atom. The predicted octanol–water partition coefficient (Wildman–Crippen LogP) is 3.50. The fraction of sp³-hybridized carbons (Fsp3) is 0.350. The molecule has 1 fully saturated rings. The molecule has 4 nitrogen and oxygen atoms in total. The van der Waals surface area contributed by atoms with Crippen molar-refractivity contribution in [3.05, 3.63) is 66.2 Å². The van der Waals surface area contributed by atoms with Crippen LogP contribution in [0.3, 0.4) is 0 Å². The summed E-state index contributed by atoms with van der Waals surface area (Å²) >= 11 is 0. The molecule has 2 amide bonds. The van der Waals surface area contributed by atoms with Crippen molar-refractivity contribution >= 4 is 11.7 Å². The SMILES string of the molecule is CCCN(c1ccccc1)C1CN(C(=O)NCc2ccccc2)C1. The molecule has 0 radical (unpaired) electrons. The second-order valence-corrected chi connectivity index (χ2v) is 6.23. The van der Waals surface area contributed by atoms with Gasteiger partial charge in [-0.25, -0.2) is 4.79 Å². The van der Waals surface area contributed by atoms with E-state index >= 15 is 0 Å². The Balaban J connectivity index is 1.51. The molecule has 3 rings (SSSR count). The Bertz CT molecular complexity index is 638. The van der Waals surface area contributed by atoms with E-state index in [4.69, 9.17) is 0 Å². The van der Waals surface area contributed by atoms with Crippen molar-refractivity contribution in [2.24, 2.45) is 0 Å². The number of nitrogens with one attached hydrogen (secondary N) is 1. The van der Waals surface area contributed by atoms with Crippen LogP contribution in [0.25, 0.3) is 0 Å². The van der Waals surface area contributed by atoms with Crippen LogP contribution in [0.1, 0.15) is 18.9 Å². The van der Waals surface area contributed by atoms with E-state index in [0.717, 1.165) is 31.6 Å². The number of hydrogen-bond donors (Lipinski definition) is 1. The highest BCUT2D eigenvalue weighted by molar-refractivity contribution is 5.75. The normalized spacial score (nSPS) is 14.1. The molecule has 0 bridgehead atoms. The minimum atomic E-state index is 0.0274. The first-order chi connectivity index (χ1) is 11.8. The zero-order valence-corrected chi connectivity index (χ0v) is 14.2. The third-order valence-electron chi connectivity index (χ3n) is 4.43. The zero-order chi connectivity index (χ0) is 16.8. The molecule has 0 aliphatic carbocycles. The maximum atomic E-state index is 12.3. The number of para-hydroxylation sites is 1. The third kappa shape index (κ3) is 3.88. The molecule has 24 heavy (non-hydrogen) atoms. The molecular weight excluding hydrogens is 298 g/mol. The van der Waals surface area contributed by atoms with Crippen LogP contribution in [0, 0.1) is 0 Å². The summed E-state index contributed by atoms with van der Waals surface area (Å²) in [6.07, 6.45) is 1.10. The lowest BCUT2D eigenvalue weighted by atomic mass is 10.1. The van der Waals surface area contributed by atoms with Gasteiger partial charge in [0.15, 0.2) is 0 Å². The van der Waals surface area contributed by atoms with Crippen molar-refractivity contribution in [1.82, 2.24) is 10.2 Å². The van der Waals surface area contributed by atoms with Gasteiger partial charge >= 0.3 is 6.03 Å². The Kier molecular flexibility index (Phi) is 5.36. The van der Waals surface area contributed by atoms with Crippen molar-refractivity contribution in [2.45, 2.75) is 25.9 Å². The highest BCUT2D eigenvalue weighted by atomic mass is 16.2. The number of benzene rings is 2. The largest absolute Gasteiger partial charge is 0.365 e. The van der Waals surface area contributed by atoms with Crippen molar-refractivity contribution in [1.29, 1.82) is 0 Å². The van der Waals surface area contributed by atoms with Gasteiger partial charge in [0.1, 0.15) is 0 Å². The number of nitrogens with zero attached hydrogens (tertiary/aromatic N) is 2. The number of carbonyl (C=O) groups excluding carboxylic acids is 1. The Morgan fingerprint density at radius 3 is 2.33 bits per heavy atom. The van der Waals surface area contributed by atoms with Gasteiger partial charge in [0.2, 0.25) is 0 Å². The average molecular weight is 323 g/mol. The Morgan fingerprint density at radius 2 is 1.71 bits per heavy atom. The fourth-order valence-corrected chi connectivity index (χ4v) is 3.09. The first kappa shape index (κ1) is 16.4. The second kappa shape index (κ2) is 7.86. The lowest BCUT2D eigenvalue weighted by molar-refractivity contribution is 0.148. The molecule has 4 heteroatoms. The summed E-state index contributed by atoms with van der Waals surface area (Å²) in [5, 5.41) is 3.00. The van der Waals surface area contributed by atoms with Gasteiger partial charge in [0.25, 0.3) is 0 Å². The molecule has 1 heterocycles. The molecule has 2 aromatic rings. The van der Waals surface area contributed by atoms with Crippen molar-refractivity contribution in [3.8, 4) is 0 Å². The molecule has 2 aromatic carbocycles. The molecule has 0 unspecified atom stereocenters. The van der Waals surface area contributed by atoms with Gasteiger partial charge in [-0.3, -0.25) is 0 Å². The quantitative estimate of drug-likeness (QED) is 0.883. The highest BCUT2D eigenvalue weighted by Gasteiger charge is 2.34. The molecule has 0 atom stereocenters. The number of rotatable bonds is 6. The van der Waals surface area contributed by atoms with Crippen LogP contribution in [-0.2, 0) is 6.54 Å². The van der Waals surface area contributed by atoms with Gasteiger partial charge in [0, 0.05) is 31.9 Å². The minimum absolute atomic E-state index is 0.0274. The van der Waals surface area contributed by atoms with Crippen LogP contribution in [0.5, 0.6) is 0 Å². The van der Waals surface area contributed by atoms with Crippen LogP contribution >= 0.6 is 0 Å². The topological polar surface area (TPSA) is 35.6 Å². The maximum Gasteiger partial charge on any atom is 0.317 e. The molecule has 1 saturated heterocycles. The second-order valence-electron chi connectivity index (χ2n) is 6.23. The first-order valence-electron chi connectivity index (χ1n) is 8.66. The summed E-state index contributed by atoms with van der Waals surface area (Å²) in [6.45, 7) is 5.37. The number of urea groups is 1. The van der Waals surface area contributed by atoms with E-state index in [1.165, 1.54) is 5.69 Å². The molecule has 0 aromatic heterocycles. The van der Waals surface area contributed by atoms with Crippen molar-refractivity contribution in [3.63, 3.8) is 0 Å². The number of hydrogen-bond acceptors (Lipinski definition) is 2. The van der Waals surface area contributed by atoms with Crippen molar-refractivity contribution in [2.75, 3.05) is 24.5 Å². The molecule has 1 aliphatic heterocycles. The first-order valence-corrected chi connectivity index (χ1v) is 8.66. The van der Waals surface area contributed by atoms with Gasteiger partial charge in [-0.2, -0.15) is 0 Å². The van der Waals surface area contributed by atoms with Crippen LogP contribution in [0.2, 0.25) is 0 Å². The highest BCUT2D eigenvalue weighted by Crippen LogP contribution is 2.23. The van der Waals surface area contributed by atoms with E-state index in [1.54, 1.807) is 0 Å². The summed E-state index contributed by atoms with van der Waals surface area (Å²) in [4.78, 5) is 16.6. The van der Waals surface area contributed by atoms with E-state index in [1.807, 2.05) is 41.3 Å². The summed E-state index contributed by atoms with van der Waals surface area (Å²) in [6, 6.07) is 20.9. The number of anilines is 1. The molecular formula is C20H25N3O. The number of amides is 2. The Labute approximate surface area is 144 Å². The molecule has 1 N–H and O–H groups in total. The summed E-state index contributed by atoms with van der Waals surface area (Å²) in [5.74, 6) is 0. The van der Waals surface area contributed by atoms with Crippen LogP contribution < -0.4 is 10.2 Å². The molecule has 126 valence electrons. The zero-order valence-electron chi connectivity index (χ0n) is 14.2. The number of likely N-dealkylation sites (tertiary alicyclic amines) is 1. The maximum absolute atomic E-state index is 12.3. The van der Waals surface area contributed by atoms with E-state index in [0.29, 0.717) is 12.6 Å². The van der Waals surface area contributed by atoms with Gasteiger partial charge < -0.3 is 15.1 Å². The molecule has 0 saturated carbocycles. The monoisotopic (exact) mass is 323 g/mol. The summed E-state index contributed by atoms with van der Waals surface area (Å²) in [5.41, 5.74) is 2.37. The fourth-order valence-electron chi connectivity index (χ4n) is 3.09. The summed E-state index contributed by atoms with van der Waals surface area (Å²) in [7, 11) is 0. The van der Waals surface area contributed by atoms with Crippen LogP contribution in [0.15, 0.2) is 60.7 Å². The number of carbonyl (C=O) groups is 1. The van der Waals surface area contributed by atoms with Gasteiger partial charge in [-0.05, 0) is 24.1 Å². The standard InChI is InChI=1S/C20H25N3O/c1-2-13-23(18-11-7-4-8-12-18)19-15-22(16-19)20(24)21-14-17-9-5-3-6-10-17/h3-12,19H,2,13-16H2,1H3,(H,21,24). The van der Waals surface area contributed by atoms with E-state index in [9.17, 15) is 4.79 Å². The minimum Gasteiger partial charge on any atom is -0.365 e. The molecule has 0 spiro atoms. The van der Waals surface area contributed by atoms with E-state index in [2.05, 4.69) is 41.4 Å². The van der Waals surface area contributed by atoms with Crippen molar-refractivity contribution < 1.29 is 4.79 Å². The lowest BCUT2D eigenvalue weighted by Gasteiger charge is -2.46. The van der Waals surface area contributed by atoms with Crippen LogP contribution in [-0.4, -0.2) is 36.6 Å². The average Bonchev–Trinajstić information content (AvgIpc) is 2.59. The third-order valence-corrected chi connectivity index (χ3v) is 4.43. The Hall–Kier alpha value is -2.49. The smallest absolute Gasteiger partial charge is 0.317 e. The van der Waals surface area contributed by atoms with E-state index < -0.39 is 0 Å². The van der Waals surface area contributed by atoms with E-state index in [-0.39, 0.29) is 6.03 Å². The van der Waals surface area contributed by atoms with Crippen LogP contribution in [0.4, 0.5) is 10.5 Å². The lowest BCUT2D eigenvalue weighted by Crippen LogP contribution is -2.63. The molecule has 1 aliphatic rings. The van der Waals surface area contributed by atoms with Gasteiger partial charge in [-0.1, -0.05) is 55.5 Å². The van der Waals surface area contributed by atoms with Gasteiger partial charge in [0.05, 0.1) is 6.04 Å².